The molecule has 8 nitrogen and oxygen atoms in total. The van der Waals surface area contributed by atoms with Gasteiger partial charge in [0, 0.05) is 6.92 Å². The molecule has 2 saturated heterocycles. The van der Waals surface area contributed by atoms with Crippen molar-refractivity contribution in [3.8, 4) is 0 Å². The number of carbonyl (C=O) groups excluding carboxylic acids is 2. The van der Waals surface area contributed by atoms with Gasteiger partial charge in [0.15, 0.2) is 22.4 Å². The molecule has 0 aromatic heterocycles. The van der Waals surface area contributed by atoms with Crippen LogP contribution in [0.25, 0.3) is 0 Å². The van der Waals surface area contributed by atoms with Crippen molar-refractivity contribution in [1.82, 2.24) is 0 Å². The van der Waals surface area contributed by atoms with E-state index in [1.807, 2.05) is 13.8 Å². The SMILES string of the molecule is CC(=O)O[C@]1(CC=O)O[C@H]([C@H]2COC(C)(C)O2)[C@H](O[Si](C)(C)C(C)(C)C)[C@H]1O[Si](C)(C)C(C)(C)C. The van der Waals surface area contributed by atoms with Gasteiger partial charge in [-0.2, -0.15) is 0 Å². The molecule has 0 unspecified atom stereocenters. The fourth-order valence-corrected chi connectivity index (χ4v) is 6.49. The number of hydrogen-bond acceptors (Lipinski definition) is 8. The van der Waals surface area contributed by atoms with E-state index in [-0.39, 0.29) is 16.5 Å². The lowest BCUT2D eigenvalue weighted by Gasteiger charge is -2.45. The highest BCUT2D eigenvalue weighted by Crippen LogP contribution is 2.49. The first-order valence-corrected chi connectivity index (χ1v) is 18.4. The van der Waals surface area contributed by atoms with Crippen LogP contribution in [-0.2, 0) is 37.4 Å². The molecule has 2 rings (SSSR count). The van der Waals surface area contributed by atoms with Gasteiger partial charge in [-0.1, -0.05) is 41.5 Å². The predicted molar refractivity (Wildman–Crippen MR) is 139 cm³/mol. The Morgan fingerprint density at radius 2 is 1.49 bits per heavy atom. The molecule has 2 aliphatic heterocycles. The van der Waals surface area contributed by atoms with Crippen LogP contribution in [0.3, 0.4) is 0 Å². The third kappa shape index (κ3) is 6.63. The van der Waals surface area contributed by atoms with Crippen LogP contribution in [0, 0.1) is 0 Å². The Kier molecular flexibility index (Phi) is 8.67. The van der Waals surface area contributed by atoms with Crippen LogP contribution in [-0.4, -0.2) is 71.5 Å². The molecule has 0 aromatic rings. The van der Waals surface area contributed by atoms with Gasteiger partial charge in [0.05, 0.1) is 13.0 Å². The summed E-state index contributed by atoms with van der Waals surface area (Å²) in [5, 5.41) is -0.229. The van der Waals surface area contributed by atoms with Gasteiger partial charge in [-0.15, -0.1) is 0 Å². The quantitative estimate of drug-likeness (QED) is 0.240. The zero-order valence-electron chi connectivity index (χ0n) is 24.1. The van der Waals surface area contributed by atoms with Gasteiger partial charge < -0.3 is 32.6 Å². The van der Waals surface area contributed by atoms with Crippen LogP contribution in [0.15, 0.2) is 0 Å². The molecule has 0 radical (unpaired) electrons. The Bertz CT molecular complexity index is 783. The van der Waals surface area contributed by atoms with Crippen molar-refractivity contribution in [2.24, 2.45) is 0 Å². The van der Waals surface area contributed by atoms with Gasteiger partial charge in [0.1, 0.15) is 30.7 Å². The number of esters is 1. The predicted octanol–water partition coefficient (Wildman–Crippen LogP) is 5.17. The molecule has 0 aliphatic carbocycles. The number of carbonyl (C=O) groups is 2. The fraction of sp³-hybridized carbons (Fsp3) is 0.920. The van der Waals surface area contributed by atoms with Crippen molar-refractivity contribution in [1.29, 1.82) is 0 Å². The van der Waals surface area contributed by atoms with Gasteiger partial charge in [-0.05, 0) is 50.1 Å². The molecule has 2 heterocycles. The highest BCUT2D eigenvalue weighted by molar-refractivity contribution is 6.74. The third-order valence-corrected chi connectivity index (χ3v) is 16.9. The number of rotatable bonds is 8. The summed E-state index contributed by atoms with van der Waals surface area (Å²) in [6.45, 7) is 26.8. The molecule has 2 fully saturated rings. The summed E-state index contributed by atoms with van der Waals surface area (Å²) >= 11 is 0. The second-order valence-corrected chi connectivity index (χ2v) is 22.9. The minimum absolute atomic E-state index is 0.0945. The van der Waals surface area contributed by atoms with Crippen LogP contribution < -0.4 is 0 Å². The van der Waals surface area contributed by atoms with Crippen LogP contribution in [0.2, 0.25) is 36.3 Å². The van der Waals surface area contributed by atoms with Gasteiger partial charge in [-0.25, -0.2) is 0 Å². The Balaban J connectivity index is 2.68. The molecule has 204 valence electrons. The lowest BCUT2D eigenvalue weighted by Crippen LogP contribution is -2.58. The average molecular weight is 533 g/mol. The summed E-state index contributed by atoms with van der Waals surface area (Å²) in [7, 11) is -4.78. The smallest absolute Gasteiger partial charge is 0.305 e. The number of aldehydes is 1. The summed E-state index contributed by atoms with van der Waals surface area (Å²) < 4.78 is 38.3. The Hall–Kier alpha value is -0.626. The summed E-state index contributed by atoms with van der Waals surface area (Å²) in [5.41, 5.74) is 0. The van der Waals surface area contributed by atoms with E-state index >= 15 is 0 Å². The molecule has 35 heavy (non-hydrogen) atoms. The summed E-state index contributed by atoms with van der Waals surface area (Å²) in [6, 6.07) is 0. The first kappa shape index (κ1) is 30.6. The van der Waals surface area contributed by atoms with Crippen LogP contribution in [0.4, 0.5) is 0 Å². The largest absolute Gasteiger partial charge is 0.430 e. The van der Waals surface area contributed by atoms with E-state index in [9.17, 15) is 9.59 Å². The van der Waals surface area contributed by atoms with E-state index in [1.54, 1.807) is 0 Å². The lowest BCUT2D eigenvalue weighted by molar-refractivity contribution is -0.254. The first-order chi connectivity index (χ1) is 15.6. The van der Waals surface area contributed by atoms with E-state index in [2.05, 4.69) is 67.7 Å². The Morgan fingerprint density at radius 3 is 1.89 bits per heavy atom. The molecule has 10 heteroatoms. The monoisotopic (exact) mass is 532 g/mol. The van der Waals surface area contributed by atoms with Crippen molar-refractivity contribution in [3.05, 3.63) is 0 Å². The molecule has 0 amide bonds. The fourth-order valence-electron chi connectivity index (χ4n) is 3.90. The van der Waals surface area contributed by atoms with E-state index in [0.29, 0.717) is 12.9 Å². The molecule has 0 N–H and O–H groups in total. The van der Waals surface area contributed by atoms with E-state index in [1.165, 1.54) is 6.92 Å². The van der Waals surface area contributed by atoms with Crippen molar-refractivity contribution >= 4 is 28.9 Å². The van der Waals surface area contributed by atoms with Gasteiger partial charge in [0.2, 0.25) is 5.79 Å². The average Bonchev–Trinajstić information content (AvgIpc) is 3.11. The molecule has 0 bridgehead atoms. The van der Waals surface area contributed by atoms with Crippen LogP contribution in [0.1, 0.15) is 68.7 Å². The molecule has 0 aromatic carbocycles. The normalized spacial score (nSPS) is 32.0. The minimum atomic E-state index is -2.42. The van der Waals surface area contributed by atoms with Crippen molar-refractivity contribution in [2.75, 3.05) is 6.61 Å². The molecule has 0 saturated carbocycles. The second kappa shape index (κ2) is 9.92. The zero-order chi connectivity index (χ0) is 27.3. The molecular weight excluding hydrogens is 484 g/mol. The van der Waals surface area contributed by atoms with E-state index in [4.69, 9.17) is 27.8 Å². The zero-order valence-corrected chi connectivity index (χ0v) is 26.1. The molecular formula is C25H48O8Si2. The van der Waals surface area contributed by atoms with Gasteiger partial charge in [-0.3, -0.25) is 4.79 Å². The van der Waals surface area contributed by atoms with Gasteiger partial charge in [0.25, 0.3) is 0 Å². The first-order valence-electron chi connectivity index (χ1n) is 12.6. The van der Waals surface area contributed by atoms with Crippen LogP contribution in [0.5, 0.6) is 0 Å². The highest BCUT2D eigenvalue weighted by atomic mass is 28.4. The van der Waals surface area contributed by atoms with E-state index < -0.39 is 58.6 Å². The molecule has 0 spiro atoms. The maximum atomic E-state index is 12.3. The molecule has 2 aliphatic rings. The van der Waals surface area contributed by atoms with Crippen molar-refractivity contribution < 1.29 is 37.4 Å². The summed E-state index contributed by atoms with van der Waals surface area (Å²) in [6.07, 6.45) is -2.01. The number of hydrogen-bond donors (Lipinski definition) is 0. The Labute approximate surface area is 213 Å². The highest BCUT2D eigenvalue weighted by Gasteiger charge is 2.65. The molecule has 5 atom stereocenters. The van der Waals surface area contributed by atoms with E-state index in [0.717, 1.165) is 0 Å². The summed E-state index contributed by atoms with van der Waals surface area (Å²) in [4.78, 5) is 24.3. The van der Waals surface area contributed by atoms with Crippen molar-refractivity contribution in [2.45, 2.75) is 141 Å². The Morgan fingerprint density at radius 1 is 0.971 bits per heavy atom. The van der Waals surface area contributed by atoms with Crippen molar-refractivity contribution in [3.63, 3.8) is 0 Å². The van der Waals surface area contributed by atoms with Crippen LogP contribution >= 0.6 is 0 Å². The second-order valence-electron chi connectivity index (χ2n) is 13.4. The maximum Gasteiger partial charge on any atom is 0.305 e. The topological polar surface area (TPSA) is 89.5 Å². The number of ether oxygens (including phenoxy) is 4. The third-order valence-electron chi connectivity index (χ3n) is 7.94. The summed E-state index contributed by atoms with van der Waals surface area (Å²) in [5.74, 6) is -2.95. The minimum Gasteiger partial charge on any atom is -0.430 e. The standard InChI is InChI=1S/C25H48O8Si2/c1-17(27)29-25(14-15-26)21(33-35(12,13)23(5,6)7)20(32-34(10,11)22(2,3)4)19(31-25)18-16-28-24(8,9)30-18/h15,18-21H,14,16H2,1-13H3/t18-,19-,20+,21-,25-/m1/s1. The van der Waals surface area contributed by atoms with Gasteiger partial charge >= 0.3 is 5.97 Å². The maximum absolute atomic E-state index is 12.3. The lowest BCUT2D eigenvalue weighted by atomic mass is 10.0.